The van der Waals surface area contributed by atoms with Crippen LogP contribution in [0.5, 0.6) is 0 Å². The maximum Gasteiger partial charge on any atom is -0.0414 e. The fraction of sp³-hybridized carbons (Fsp3) is 1.00. The largest absolute Gasteiger partial charge is 0.0776 e. The summed E-state index contributed by atoms with van der Waals surface area (Å²) in [6.45, 7) is 4.66. The maximum absolute atomic E-state index is 2.36. The van der Waals surface area contributed by atoms with Crippen LogP contribution in [-0.2, 0) is 0 Å². The maximum atomic E-state index is 2.36. The molecule has 0 saturated heterocycles. The van der Waals surface area contributed by atoms with Gasteiger partial charge in [-0.3, -0.25) is 0 Å². The normalized spacial score (nSPS) is 22.2. The Kier molecular flexibility index (Phi) is 11.1. The molecule has 2 fully saturated rings. The highest BCUT2D eigenvalue weighted by Gasteiger charge is 2.11. The van der Waals surface area contributed by atoms with Crippen molar-refractivity contribution in [1.82, 2.24) is 0 Å². The van der Waals surface area contributed by atoms with Gasteiger partial charge in [-0.2, -0.15) is 0 Å². The molecule has 2 aliphatic rings. The van der Waals surface area contributed by atoms with Gasteiger partial charge in [0.2, 0.25) is 0 Å². The quantitative estimate of drug-likeness (QED) is 0.511. The molecule has 0 N–H and O–H groups in total. The first kappa shape index (κ1) is 17.0. The second-order valence-electron chi connectivity index (χ2n) is 6.04. The summed E-state index contributed by atoms with van der Waals surface area (Å²) in [4.78, 5) is 0. The van der Waals surface area contributed by atoms with Crippen molar-refractivity contribution in [2.75, 3.05) is 0 Å². The first-order valence-electron chi connectivity index (χ1n) is 7.83. The Morgan fingerprint density at radius 3 is 1.59 bits per heavy atom. The predicted octanol–water partition coefficient (Wildman–Crippen LogP) is 6.59. The lowest BCUT2D eigenvalue weighted by Crippen LogP contribution is -2.04. The summed E-state index contributed by atoms with van der Waals surface area (Å²) < 4.78 is 0. The van der Waals surface area contributed by atoms with Gasteiger partial charge < -0.3 is 0 Å². The first-order chi connectivity index (χ1) is 7.83. The molecule has 0 spiro atoms. The average Bonchev–Trinajstić information content (AvgIpc) is 2.33. The minimum Gasteiger partial charge on any atom is -0.0776 e. The molecule has 0 amide bonds. The highest BCUT2D eigenvalue weighted by atomic mass is 14.2. The lowest BCUT2D eigenvalue weighted by atomic mass is 9.86. The van der Waals surface area contributed by atoms with E-state index in [0.717, 1.165) is 11.8 Å². The predicted molar refractivity (Wildman–Crippen MR) is 80.5 cm³/mol. The molecule has 0 aromatic rings. The summed E-state index contributed by atoms with van der Waals surface area (Å²) in [6, 6.07) is 0. The molecule has 0 aromatic heterocycles. The summed E-state index contributed by atoms with van der Waals surface area (Å²) in [5, 5.41) is 0. The summed E-state index contributed by atoms with van der Waals surface area (Å²) in [6.07, 6.45) is 17.9. The van der Waals surface area contributed by atoms with Crippen molar-refractivity contribution >= 4 is 0 Å². The zero-order valence-electron chi connectivity index (χ0n) is 11.6. The van der Waals surface area contributed by atoms with Gasteiger partial charge in [0.25, 0.3) is 0 Å². The molecule has 0 aliphatic heterocycles. The molecule has 0 heterocycles. The minimum atomic E-state index is 0. The molecule has 0 unspecified atom stereocenters. The van der Waals surface area contributed by atoms with E-state index < -0.39 is 0 Å². The van der Waals surface area contributed by atoms with Gasteiger partial charge in [-0.15, -0.1) is 0 Å². The summed E-state index contributed by atoms with van der Waals surface area (Å²) in [7, 11) is 0. The molecule has 0 aromatic carbocycles. The van der Waals surface area contributed by atoms with Gasteiger partial charge in [0, 0.05) is 0 Å². The van der Waals surface area contributed by atoms with E-state index in [-0.39, 0.29) is 7.43 Å². The first-order valence-corrected chi connectivity index (χ1v) is 7.83. The highest BCUT2D eigenvalue weighted by molar-refractivity contribution is 4.64. The van der Waals surface area contributed by atoms with Crippen LogP contribution < -0.4 is 0 Å². The lowest BCUT2D eigenvalue weighted by molar-refractivity contribution is 0.336. The van der Waals surface area contributed by atoms with E-state index in [1.54, 1.807) is 0 Å². The number of hydrogen-bond donors (Lipinski definition) is 0. The second-order valence-corrected chi connectivity index (χ2v) is 6.04. The monoisotopic (exact) mass is 240 g/mol. The lowest BCUT2D eigenvalue weighted by Gasteiger charge is -2.20. The molecule has 2 saturated carbocycles. The molecule has 0 bridgehead atoms. The highest BCUT2D eigenvalue weighted by Crippen LogP contribution is 2.26. The SMILES string of the molecule is C.CC1CCCCC1.CCCC1CCCCC1. The van der Waals surface area contributed by atoms with Crippen molar-refractivity contribution in [3.05, 3.63) is 0 Å². The zero-order valence-corrected chi connectivity index (χ0v) is 11.6. The fourth-order valence-electron chi connectivity index (χ4n) is 3.19. The van der Waals surface area contributed by atoms with Crippen LogP contribution in [0.15, 0.2) is 0 Å². The van der Waals surface area contributed by atoms with Crippen molar-refractivity contribution < 1.29 is 0 Å². The average molecular weight is 240 g/mol. The molecule has 104 valence electrons. The second kappa shape index (κ2) is 11.1. The standard InChI is InChI=1S/C9H18.C7H14.CH4/c1-2-6-9-7-4-3-5-8-9;1-7-5-3-2-4-6-7;/h9H,2-8H2,1H3;7H,2-6H2,1H3;1H4. The third-order valence-corrected chi connectivity index (χ3v) is 4.32. The van der Waals surface area contributed by atoms with Crippen LogP contribution in [0.2, 0.25) is 0 Å². The third-order valence-electron chi connectivity index (χ3n) is 4.32. The zero-order chi connectivity index (χ0) is 11.6. The summed E-state index contributed by atoms with van der Waals surface area (Å²) >= 11 is 0. The molecule has 0 nitrogen and oxygen atoms in total. The topological polar surface area (TPSA) is 0 Å². The Bertz CT molecular complexity index is 135. The van der Waals surface area contributed by atoms with Crippen molar-refractivity contribution in [1.29, 1.82) is 0 Å². The Morgan fingerprint density at radius 2 is 1.24 bits per heavy atom. The van der Waals surface area contributed by atoms with Crippen LogP contribution >= 0.6 is 0 Å². The summed E-state index contributed by atoms with van der Waals surface area (Å²) in [5.41, 5.74) is 0. The number of rotatable bonds is 2. The molecular weight excluding hydrogens is 204 g/mol. The van der Waals surface area contributed by atoms with E-state index in [1.807, 2.05) is 0 Å². The molecule has 0 heteroatoms. The van der Waals surface area contributed by atoms with Crippen LogP contribution in [0.1, 0.15) is 98.3 Å². The molecular formula is C17H36. The van der Waals surface area contributed by atoms with Crippen LogP contribution in [0.4, 0.5) is 0 Å². The van der Waals surface area contributed by atoms with Crippen LogP contribution in [0.3, 0.4) is 0 Å². The molecule has 0 radical (unpaired) electrons. The van der Waals surface area contributed by atoms with Crippen molar-refractivity contribution in [3.8, 4) is 0 Å². The van der Waals surface area contributed by atoms with Crippen molar-refractivity contribution in [3.63, 3.8) is 0 Å². The van der Waals surface area contributed by atoms with Gasteiger partial charge in [-0.1, -0.05) is 98.3 Å². The summed E-state index contributed by atoms with van der Waals surface area (Å²) in [5.74, 6) is 2.14. The molecule has 17 heavy (non-hydrogen) atoms. The van der Waals surface area contributed by atoms with E-state index in [9.17, 15) is 0 Å². The van der Waals surface area contributed by atoms with Crippen molar-refractivity contribution in [2.45, 2.75) is 98.3 Å². The van der Waals surface area contributed by atoms with E-state index >= 15 is 0 Å². The van der Waals surface area contributed by atoms with E-state index in [0.29, 0.717) is 0 Å². The van der Waals surface area contributed by atoms with E-state index in [2.05, 4.69) is 13.8 Å². The molecule has 0 atom stereocenters. The molecule has 2 aliphatic carbocycles. The van der Waals surface area contributed by atoms with E-state index in [1.165, 1.54) is 77.0 Å². The van der Waals surface area contributed by atoms with Gasteiger partial charge in [-0.05, 0) is 11.8 Å². The molecule has 2 rings (SSSR count). The van der Waals surface area contributed by atoms with E-state index in [4.69, 9.17) is 0 Å². The Hall–Kier alpha value is 0. The minimum absolute atomic E-state index is 0. The van der Waals surface area contributed by atoms with Gasteiger partial charge in [0.1, 0.15) is 0 Å². The third kappa shape index (κ3) is 8.69. The smallest absolute Gasteiger partial charge is 0.0414 e. The Labute approximate surface area is 111 Å². The van der Waals surface area contributed by atoms with Crippen molar-refractivity contribution in [2.24, 2.45) is 11.8 Å². The van der Waals surface area contributed by atoms with Gasteiger partial charge in [0.05, 0.1) is 0 Å². The van der Waals surface area contributed by atoms with Crippen LogP contribution in [0.25, 0.3) is 0 Å². The van der Waals surface area contributed by atoms with Gasteiger partial charge in [0.15, 0.2) is 0 Å². The Morgan fingerprint density at radius 1 is 0.765 bits per heavy atom. The van der Waals surface area contributed by atoms with Crippen LogP contribution in [0, 0.1) is 11.8 Å². The van der Waals surface area contributed by atoms with Crippen LogP contribution in [-0.4, -0.2) is 0 Å². The fourth-order valence-corrected chi connectivity index (χ4v) is 3.19. The Balaban J connectivity index is 0.000000292. The van der Waals surface area contributed by atoms with Gasteiger partial charge in [-0.25, -0.2) is 0 Å². The van der Waals surface area contributed by atoms with Gasteiger partial charge >= 0.3 is 0 Å². The number of hydrogen-bond acceptors (Lipinski definition) is 0.